The lowest BCUT2D eigenvalue weighted by atomic mass is 10.2. The number of nitrogens with zero attached hydrogens (tertiary/aromatic N) is 5. The Kier molecular flexibility index (Phi) is 4.21. The summed E-state index contributed by atoms with van der Waals surface area (Å²) in [4.78, 5) is 25.4. The van der Waals surface area contributed by atoms with Gasteiger partial charge in [0.15, 0.2) is 0 Å². The van der Waals surface area contributed by atoms with Crippen molar-refractivity contribution in [2.45, 2.75) is 32.4 Å². The van der Waals surface area contributed by atoms with Crippen molar-refractivity contribution in [3.63, 3.8) is 0 Å². The summed E-state index contributed by atoms with van der Waals surface area (Å²) in [6, 6.07) is 11.3. The van der Waals surface area contributed by atoms with E-state index >= 15 is 0 Å². The van der Waals surface area contributed by atoms with Gasteiger partial charge < -0.3 is 0 Å². The van der Waals surface area contributed by atoms with E-state index in [1.807, 2.05) is 36.4 Å². The zero-order chi connectivity index (χ0) is 19.1. The number of hydrogen-bond acceptors (Lipinski definition) is 4. The number of benzene rings is 1. The third-order valence-corrected chi connectivity index (χ3v) is 5.08. The molecule has 7 nitrogen and oxygen atoms in total. The molecule has 1 aliphatic rings. The second-order valence-electron chi connectivity index (χ2n) is 6.57. The highest BCUT2D eigenvalue weighted by molar-refractivity contribution is 6.30. The molecule has 4 rings (SSSR count). The van der Waals surface area contributed by atoms with Crippen molar-refractivity contribution < 1.29 is 0 Å². The van der Waals surface area contributed by atoms with Crippen LogP contribution in [0.3, 0.4) is 0 Å². The van der Waals surface area contributed by atoms with E-state index in [1.165, 1.54) is 10.8 Å². The molecule has 2 aromatic heterocycles. The summed E-state index contributed by atoms with van der Waals surface area (Å²) >= 11 is 6.52. The minimum absolute atomic E-state index is 0.0304. The summed E-state index contributed by atoms with van der Waals surface area (Å²) in [5.41, 5.74) is 0.899. The molecule has 0 spiro atoms. The van der Waals surface area contributed by atoms with E-state index in [0.717, 1.165) is 23.1 Å². The standard InChI is InChI=1S/C19H16ClN5O2/c1-12-16(17(20)25(22-12)15-5-3-2-4-6-15)11-24-18(26)13(9-21)10-23(19(24)27)14-7-8-14/h2-6,10,14H,7-8,11H2,1H3. The highest BCUT2D eigenvalue weighted by Gasteiger charge is 2.27. The Morgan fingerprint density at radius 2 is 1.96 bits per heavy atom. The molecule has 0 N–H and O–H groups in total. The first-order valence-corrected chi connectivity index (χ1v) is 8.94. The van der Waals surface area contributed by atoms with Gasteiger partial charge in [0.2, 0.25) is 0 Å². The average Bonchev–Trinajstić information content (AvgIpc) is 3.47. The second-order valence-corrected chi connectivity index (χ2v) is 6.93. The molecule has 1 aliphatic carbocycles. The first-order chi connectivity index (χ1) is 13.0. The van der Waals surface area contributed by atoms with Gasteiger partial charge in [-0.1, -0.05) is 29.8 Å². The number of hydrogen-bond donors (Lipinski definition) is 0. The minimum atomic E-state index is -0.609. The van der Waals surface area contributed by atoms with Gasteiger partial charge in [-0.2, -0.15) is 10.4 Å². The van der Waals surface area contributed by atoms with Crippen LogP contribution in [0.5, 0.6) is 0 Å². The van der Waals surface area contributed by atoms with Gasteiger partial charge in [-0.15, -0.1) is 0 Å². The lowest BCUT2D eigenvalue weighted by Gasteiger charge is -2.10. The summed E-state index contributed by atoms with van der Waals surface area (Å²) in [6.45, 7) is 1.75. The fourth-order valence-corrected chi connectivity index (χ4v) is 3.39. The highest BCUT2D eigenvalue weighted by atomic mass is 35.5. The highest BCUT2D eigenvalue weighted by Crippen LogP contribution is 2.33. The van der Waals surface area contributed by atoms with Gasteiger partial charge in [0.25, 0.3) is 5.56 Å². The molecule has 0 radical (unpaired) electrons. The van der Waals surface area contributed by atoms with Crippen molar-refractivity contribution in [3.05, 3.63) is 79.3 Å². The fraction of sp³-hybridized carbons (Fsp3) is 0.263. The molecule has 27 heavy (non-hydrogen) atoms. The summed E-state index contributed by atoms with van der Waals surface area (Å²) in [6.07, 6.45) is 3.10. The SMILES string of the molecule is Cc1nn(-c2ccccc2)c(Cl)c1Cn1c(=O)c(C#N)cn(C2CC2)c1=O. The van der Waals surface area contributed by atoms with Crippen LogP contribution in [0, 0.1) is 18.3 Å². The predicted molar refractivity (Wildman–Crippen MR) is 100 cm³/mol. The minimum Gasteiger partial charge on any atom is -0.296 e. The van der Waals surface area contributed by atoms with Crippen molar-refractivity contribution in [1.29, 1.82) is 5.26 Å². The molecule has 1 fully saturated rings. The molecule has 0 aliphatic heterocycles. The van der Waals surface area contributed by atoms with Crippen LogP contribution in [-0.2, 0) is 6.54 Å². The van der Waals surface area contributed by atoms with E-state index in [4.69, 9.17) is 11.6 Å². The van der Waals surface area contributed by atoms with Crippen LogP contribution in [0.25, 0.3) is 5.69 Å². The third kappa shape index (κ3) is 2.98. The number of aromatic nitrogens is 4. The molecule has 0 amide bonds. The average molecular weight is 382 g/mol. The third-order valence-electron chi connectivity index (χ3n) is 4.69. The van der Waals surface area contributed by atoms with E-state index in [2.05, 4.69) is 5.10 Å². The normalized spacial score (nSPS) is 13.5. The fourth-order valence-electron chi connectivity index (χ4n) is 3.06. The molecule has 1 aromatic carbocycles. The van der Waals surface area contributed by atoms with Crippen LogP contribution in [0.15, 0.2) is 46.1 Å². The Bertz CT molecular complexity index is 1180. The molecule has 0 atom stereocenters. The molecule has 136 valence electrons. The Morgan fingerprint density at radius 1 is 1.26 bits per heavy atom. The lowest BCUT2D eigenvalue weighted by molar-refractivity contribution is 0.587. The van der Waals surface area contributed by atoms with Gasteiger partial charge in [0.1, 0.15) is 16.8 Å². The maximum Gasteiger partial charge on any atom is 0.331 e. The van der Waals surface area contributed by atoms with Crippen molar-refractivity contribution in [3.8, 4) is 11.8 Å². The van der Waals surface area contributed by atoms with Crippen LogP contribution >= 0.6 is 11.6 Å². The van der Waals surface area contributed by atoms with Gasteiger partial charge in [0.05, 0.1) is 17.9 Å². The van der Waals surface area contributed by atoms with E-state index in [1.54, 1.807) is 11.6 Å². The topological polar surface area (TPSA) is 85.6 Å². The molecule has 1 saturated carbocycles. The van der Waals surface area contributed by atoms with Crippen LogP contribution in [0.2, 0.25) is 5.15 Å². The van der Waals surface area contributed by atoms with E-state index in [-0.39, 0.29) is 18.2 Å². The maximum absolute atomic E-state index is 12.8. The van der Waals surface area contributed by atoms with Crippen molar-refractivity contribution in [2.24, 2.45) is 0 Å². The number of rotatable bonds is 4. The van der Waals surface area contributed by atoms with Gasteiger partial charge in [-0.25, -0.2) is 9.48 Å². The van der Waals surface area contributed by atoms with Crippen LogP contribution in [-0.4, -0.2) is 18.9 Å². The van der Waals surface area contributed by atoms with Gasteiger partial charge in [-0.05, 0) is 31.9 Å². The van der Waals surface area contributed by atoms with Crippen LogP contribution in [0.1, 0.15) is 35.7 Å². The van der Waals surface area contributed by atoms with E-state index in [0.29, 0.717) is 16.4 Å². The first-order valence-electron chi connectivity index (χ1n) is 8.56. The Labute approximate surface area is 159 Å². The molecule has 0 bridgehead atoms. The van der Waals surface area contributed by atoms with Crippen LogP contribution < -0.4 is 11.2 Å². The Hall–Kier alpha value is -3.11. The number of aryl methyl sites for hydroxylation is 1. The van der Waals surface area contributed by atoms with E-state index in [9.17, 15) is 14.9 Å². The molecule has 8 heteroatoms. The summed E-state index contributed by atoms with van der Waals surface area (Å²) in [5.74, 6) is 0. The number of para-hydroxylation sites is 1. The summed E-state index contributed by atoms with van der Waals surface area (Å²) in [7, 11) is 0. The molecule has 0 unspecified atom stereocenters. The van der Waals surface area contributed by atoms with Gasteiger partial charge in [-0.3, -0.25) is 13.9 Å². The molecule has 3 aromatic rings. The quantitative estimate of drug-likeness (QED) is 0.694. The predicted octanol–water partition coefficient (Wildman–Crippen LogP) is 2.41. The van der Waals surface area contributed by atoms with Crippen molar-refractivity contribution in [2.75, 3.05) is 0 Å². The second kappa shape index (κ2) is 6.56. The monoisotopic (exact) mass is 381 g/mol. The maximum atomic E-state index is 12.8. The van der Waals surface area contributed by atoms with Crippen molar-refractivity contribution in [1.82, 2.24) is 18.9 Å². The largest absolute Gasteiger partial charge is 0.331 e. The zero-order valence-electron chi connectivity index (χ0n) is 14.6. The molecular formula is C19H16ClN5O2. The first kappa shape index (κ1) is 17.3. The molecule has 2 heterocycles. The Balaban J connectivity index is 1.83. The number of nitriles is 1. The molecule has 0 saturated heterocycles. The van der Waals surface area contributed by atoms with Crippen LogP contribution in [0.4, 0.5) is 0 Å². The molecular weight excluding hydrogens is 366 g/mol. The lowest BCUT2D eigenvalue weighted by Crippen LogP contribution is -2.41. The number of halogens is 1. The smallest absolute Gasteiger partial charge is 0.296 e. The Morgan fingerprint density at radius 3 is 2.59 bits per heavy atom. The summed E-state index contributed by atoms with van der Waals surface area (Å²) < 4.78 is 4.12. The van der Waals surface area contributed by atoms with Gasteiger partial charge >= 0.3 is 5.69 Å². The van der Waals surface area contributed by atoms with E-state index < -0.39 is 11.2 Å². The van der Waals surface area contributed by atoms with Crippen molar-refractivity contribution >= 4 is 11.6 Å². The van der Waals surface area contributed by atoms with Gasteiger partial charge in [0, 0.05) is 17.8 Å². The summed E-state index contributed by atoms with van der Waals surface area (Å²) in [5, 5.41) is 14.0. The zero-order valence-corrected chi connectivity index (χ0v) is 15.3.